The number of benzene rings is 1. The second-order valence-electron chi connectivity index (χ2n) is 4.62. The van der Waals surface area contributed by atoms with E-state index in [-0.39, 0.29) is 24.0 Å². The molecule has 0 bridgehead atoms. The molecule has 1 aliphatic heterocycles. The van der Waals surface area contributed by atoms with Gasteiger partial charge >= 0.3 is 0 Å². The summed E-state index contributed by atoms with van der Waals surface area (Å²) in [5.41, 5.74) is 4.13. The van der Waals surface area contributed by atoms with Crippen LogP contribution >= 0.6 is 24.0 Å². The Balaban J connectivity index is 0.00000162. The van der Waals surface area contributed by atoms with Gasteiger partial charge in [-0.2, -0.15) is 0 Å². The van der Waals surface area contributed by atoms with E-state index in [1.165, 1.54) is 16.7 Å². The van der Waals surface area contributed by atoms with Crippen LogP contribution in [0.4, 0.5) is 0 Å². The average molecular weight is 359 g/mol. The second-order valence-corrected chi connectivity index (χ2v) is 4.62. The number of guanidine groups is 1. The third kappa shape index (κ3) is 4.48. The Kier molecular flexibility index (Phi) is 6.46. The normalized spacial score (nSPS) is 14.2. The molecule has 0 atom stereocenters. The SMILES string of the molecule is Cc1ccc(CCNC2=NCCCN2)c(C)c1.I. The highest BCUT2D eigenvalue weighted by Crippen LogP contribution is 2.10. The highest BCUT2D eigenvalue weighted by Gasteiger charge is 2.03. The summed E-state index contributed by atoms with van der Waals surface area (Å²) >= 11 is 0. The fraction of sp³-hybridized carbons (Fsp3) is 0.500. The molecule has 0 saturated carbocycles. The molecule has 4 heteroatoms. The van der Waals surface area contributed by atoms with Crippen LogP contribution in [0.1, 0.15) is 23.1 Å². The van der Waals surface area contributed by atoms with E-state index in [2.05, 4.69) is 47.7 Å². The molecule has 0 amide bonds. The predicted molar refractivity (Wildman–Crippen MR) is 88.0 cm³/mol. The third-order valence-electron chi connectivity index (χ3n) is 3.08. The molecule has 0 radical (unpaired) electrons. The van der Waals surface area contributed by atoms with Gasteiger partial charge in [0.1, 0.15) is 0 Å². The number of rotatable bonds is 3. The first kappa shape index (κ1) is 15.3. The summed E-state index contributed by atoms with van der Waals surface area (Å²) in [6.07, 6.45) is 2.19. The summed E-state index contributed by atoms with van der Waals surface area (Å²) in [5.74, 6) is 0.959. The molecular weight excluding hydrogens is 337 g/mol. The number of hydrogen-bond acceptors (Lipinski definition) is 3. The summed E-state index contributed by atoms with van der Waals surface area (Å²) in [6.45, 7) is 7.23. The monoisotopic (exact) mass is 359 g/mol. The summed E-state index contributed by atoms with van der Waals surface area (Å²) in [7, 11) is 0. The lowest BCUT2D eigenvalue weighted by atomic mass is 10.0. The summed E-state index contributed by atoms with van der Waals surface area (Å²) in [6, 6.07) is 6.65. The van der Waals surface area contributed by atoms with E-state index < -0.39 is 0 Å². The number of aliphatic imine (C=N–C) groups is 1. The summed E-state index contributed by atoms with van der Waals surface area (Å²) in [4.78, 5) is 4.39. The largest absolute Gasteiger partial charge is 0.356 e. The maximum Gasteiger partial charge on any atom is 0.191 e. The molecule has 1 heterocycles. The van der Waals surface area contributed by atoms with Gasteiger partial charge in [0.05, 0.1) is 0 Å². The highest BCUT2D eigenvalue weighted by molar-refractivity contribution is 14.0. The lowest BCUT2D eigenvalue weighted by molar-refractivity contribution is 0.700. The van der Waals surface area contributed by atoms with Gasteiger partial charge in [-0.15, -0.1) is 24.0 Å². The molecule has 0 aromatic heterocycles. The molecule has 3 nitrogen and oxygen atoms in total. The quantitative estimate of drug-likeness (QED) is 0.814. The van der Waals surface area contributed by atoms with Crippen LogP contribution in [0.15, 0.2) is 23.2 Å². The van der Waals surface area contributed by atoms with E-state index in [0.717, 1.165) is 38.4 Å². The van der Waals surface area contributed by atoms with Crippen molar-refractivity contribution in [2.75, 3.05) is 19.6 Å². The Bertz CT molecular complexity index is 416. The summed E-state index contributed by atoms with van der Waals surface area (Å²) in [5, 5.41) is 6.62. The van der Waals surface area contributed by atoms with Gasteiger partial charge in [0.15, 0.2) is 5.96 Å². The summed E-state index contributed by atoms with van der Waals surface area (Å²) < 4.78 is 0. The Labute approximate surface area is 126 Å². The van der Waals surface area contributed by atoms with Crippen LogP contribution < -0.4 is 10.6 Å². The van der Waals surface area contributed by atoms with E-state index in [4.69, 9.17) is 0 Å². The van der Waals surface area contributed by atoms with Crippen molar-refractivity contribution in [3.8, 4) is 0 Å². The number of aryl methyl sites for hydroxylation is 2. The van der Waals surface area contributed by atoms with E-state index >= 15 is 0 Å². The lowest BCUT2D eigenvalue weighted by Gasteiger charge is -2.16. The van der Waals surface area contributed by atoms with Crippen molar-refractivity contribution in [1.29, 1.82) is 0 Å². The van der Waals surface area contributed by atoms with Crippen LogP contribution in [-0.2, 0) is 6.42 Å². The molecule has 2 rings (SSSR count). The Hall–Kier alpha value is -0.780. The third-order valence-corrected chi connectivity index (χ3v) is 3.08. The van der Waals surface area contributed by atoms with E-state index in [9.17, 15) is 0 Å². The fourth-order valence-electron chi connectivity index (χ4n) is 2.09. The molecule has 1 aromatic rings. The molecule has 1 aromatic carbocycles. The minimum atomic E-state index is 0. The number of nitrogens with zero attached hydrogens (tertiary/aromatic N) is 1. The standard InChI is InChI=1S/C14H21N3.HI/c1-11-4-5-13(12(2)10-11)6-9-17-14-15-7-3-8-16-14;/h4-5,10H,3,6-9H2,1-2H3,(H2,15,16,17);1H. The zero-order chi connectivity index (χ0) is 12.1. The van der Waals surface area contributed by atoms with Crippen LogP contribution in [-0.4, -0.2) is 25.6 Å². The number of nitrogens with one attached hydrogen (secondary N) is 2. The minimum Gasteiger partial charge on any atom is -0.356 e. The van der Waals surface area contributed by atoms with E-state index in [0.29, 0.717) is 0 Å². The Morgan fingerprint density at radius 3 is 2.83 bits per heavy atom. The van der Waals surface area contributed by atoms with Gasteiger partial charge in [-0.3, -0.25) is 4.99 Å². The average Bonchev–Trinajstić information content (AvgIpc) is 2.33. The molecule has 2 N–H and O–H groups in total. The molecule has 100 valence electrons. The molecule has 0 fully saturated rings. The van der Waals surface area contributed by atoms with Crippen molar-refractivity contribution in [2.45, 2.75) is 26.7 Å². The topological polar surface area (TPSA) is 36.4 Å². The zero-order valence-electron chi connectivity index (χ0n) is 11.1. The highest BCUT2D eigenvalue weighted by atomic mass is 127. The maximum atomic E-state index is 4.39. The fourth-order valence-corrected chi connectivity index (χ4v) is 2.09. The minimum absolute atomic E-state index is 0. The van der Waals surface area contributed by atoms with Crippen molar-refractivity contribution in [2.24, 2.45) is 4.99 Å². The Morgan fingerprint density at radius 1 is 1.33 bits per heavy atom. The first-order valence-corrected chi connectivity index (χ1v) is 6.34. The van der Waals surface area contributed by atoms with Crippen LogP contribution in [0.2, 0.25) is 0 Å². The van der Waals surface area contributed by atoms with Gasteiger partial charge in [-0.05, 0) is 37.8 Å². The molecular formula is C14H22IN3. The number of halogens is 1. The van der Waals surface area contributed by atoms with Gasteiger partial charge < -0.3 is 10.6 Å². The molecule has 0 spiro atoms. The Morgan fingerprint density at radius 2 is 2.17 bits per heavy atom. The smallest absolute Gasteiger partial charge is 0.191 e. The second kappa shape index (κ2) is 7.61. The molecule has 1 aliphatic rings. The zero-order valence-corrected chi connectivity index (χ0v) is 13.5. The van der Waals surface area contributed by atoms with Gasteiger partial charge in [0.2, 0.25) is 0 Å². The lowest BCUT2D eigenvalue weighted by Crippen LogP contribution is -2.41. The van der Waals surface area contributed by atoms with E-state index in [1.807, 2.05) is 0 Å². The maximum absolute atomic E-state index is 4.39. The van der Waals surface area contributed by atoms with Crippen LogP contribution in [0.3, 0.4) is 0 Å². The molecule has 18 heavy (non-hydrogen) atoms. The van der Waals surface area contributed by atoms with Crippen LogP contribution in [0.5, 0.6) is 0 Å². The van der Waals surface area contributed by atoms with Crippen molar-refractivity contribution in [3.05, 3.63) is 34.9 Å². The molecule has 0 unspecified atom stereocenters. The van der Waals surface area contributed by atoms with E-state index in [1.54, 1.807) is 0 Å². The predicted octanol–water partition coefficient (Wildman–Crippen LogP) is 2.40. The van der Waals surface area contributed by atoms with Crippen LogP contribution in [0.25, 0.3) is 0 Å². The van der Waals surface area contributed by atoms with Crippen molar-refractivity contribution in [1.82, 2.24) is 10.6 Å². The number of hydrogen-bond donors (Lipinski definition) is 2. The van der Waals surface area contributed by atoms with Crippen molar-refractivity contribution < 1.29 is 0 Å². The first-order chi connectivity index (χ1) is 8.25. The van der Waals surface area contributed by atoms with Gasteiger partial charge in [0, 0.05) is 19.6 Å². The van der Waals surface area contributed by atoms with Gasteiger partial charge in [0.25, 0.3) is 0 Å². The van der Waals surface area contributed by atoms with Crippen molar-refractivity contribution >= 4 is 29.9 Å². The van der Waals surface area contributed by atoms with Crippen LogP contribution in [0, 0.1) is 13.8 Å². The molecule has 0 saturated heterocycles. The van der Waals surface area contributed by atoms with Crippen molar-refractivity contribution in [3.63, 3.8) is 0 Å². The van der Waals surface area contributed by atoms with Gasteiger partial charge in [-0.25, -0.2) is 0 Å². The first-order valence-electron chi connectivity index (χ1n) is 6.34. The molecule has 0 aliphatic carbocycles. The van der Waals surface area contributed by atoms with Gasteiger partial charge in [-0.1, -0.05) is 23.8 Å².